The van der Waals surface area contributed by atoms with E-state index in [4.69, 9.17) is 16.3 Å². The van der Waals surface area contributed by atoms with Crippen LogP contribution in [0.15, 0.2) is 12.1 Å². The van der Waals surface area contributed by atoms with Crippen LogP contribution in [0.5, 0.6) is 5.75 Å². The van der Waals surface area contributed by atoms with Gasteiger partial charge in [0, 0.05) is 17.5 Å². The predicted octanol–water partition coefficient (Wildman–Crippen LogP) is 3.99. The lowest BCUT2D eigenvalue weighted by molar-refractivity contribution is 0.350. The predicted molar refractivity (Wildman–Crippen MR) is 81.3 cm³/mol. The van der Waals surface area contributed by atoms with Crippen LogP contribution in [0.25, 0.3) is 0 Å². The molecule has 0 fully saturated rings. The maximum Gasteiger partial charge on any atom is 0.125 e. The molecule has 19 heavy (non-hydrogen) atoms. The molecular weight excluding hydrogens is 258 g/mol. The minimum Gasteiger partial charge on any atom is -0.493 e. The minimum atomic E-state index is 0.525. The SMILES string of the molecule is CCCNC(CCC)Cc1cc(Cl)cc2c1OCC2. The molecule has 1 heterocycles. The third-order valence-corrected chi connectivity index (χ3v) is 3.83. The number of nitrogens with one attached hydrogen (secondary N) is 1. The molecule has 2 nitrogen and oxygen atoms in total. The third kappa shape index (κ3) is 3.87. The number of fused-ring (bicyclic) bond motifs is 1. The first kappa shape index (κ1) is 14.7. The highest BCUT2D eigenvalue weighted by molar-refractivity contribution is 6.30. The third-order valence-electron chi connectivity index (χ3n) is 3.61. The van der Waals surface area contributed by atoms with Crippen LogP contribution in [0.2, 0.25) is 5.02 Å². The molecule has 1 N–H and O–H groups in total. The van der Waals surface area contributed by atoms with E-state index in [9.17, 15) is 0 Å². The summed E-state index contributed by atoms with van der Waals surface area (Å²) in [4.78, 5) is 0. The van der Waals surface area contributed by atoms with Gasteiger partial charge < -0.3 is 10.1 Å². The molecule has 2 rings (SSSR count). The van der Waals surface area contributed by atoms with E-state index in [0.29, 0.717) is 6.04 Å². The van der Waals surface area contributed by atoms with Gasteiger partial charge in [0.2, 0.25) is 0 Å². The first-order valence-electron chi connectivity index (χ1n) is 7.42. The zero-order chi connectivity index (χ0) is 13.7. The number of hydrogen-bond acceptors (Lipinski definition) is 2. The first-order chi connectivity index (χ1) is 9.24. The van der Waals surface area contributed by atoms with Crippen molar-refractivity contribution in [2.45, 2.75) is 52.0 Å². The van der Waals surface area contributed by atoms with Crippen molar-refractivity contribution in [3.63, 3.8) is 0 Å². The molecule has 1 aromatic carbocycles. The summed E-state index contributed by atoms with van der Waals surface area (Å²) in [5, 5.41) is 4.47. The molecule has 3 heteroatoms. The summed E-state index contributed by atoms with van der Waals surface area (Å²) in [6.07, 6.45) is 5.57. The van der Waals surface area contributed by atoms with Gasteiger partial charge in [-0.3, -0.25) is 0 Å². The molecule has 106 valence electrons. The van der Waals surface area contributed by atoms with Crippen LogP contribution >= 0.6 is 11.6 Å². The fraction of sp³-hybridized carbons (Fsp3) is 0.625. The monoisotopic (exact) mass is 281 g/mol. The lowest BCUT2D eigenvalue weighted by Crippen LogP contribution is -2.31. The minimum absolute atomic E-state index is 0.525. The molecule has 0 saturated heterocycles. The number of halogens is 1. The summed E-state index contributed by atoms with van der Waals surface area (Å²) >= 11 is 6.22. The van der Waals surface area contributed by atoms with Gasteiger partial charge in [-0.05, 0) is 49.1 Å². The fourth-order valence-corrected chi connectivity index (χ4v) is 3.00. The second-order valence-electron chi connectivity index (χ2n) is 5.30. The Morgan fingerprint density at radius 2 is 2.16 bits per heavy atom. The maximum atomic E-state index is 6.22. The van der Waals surface area contributed by atoms with Crippen molar-refractivity contribution in [2.75, 3.05) is 13.2 Å². The molecule has 1 unspecified atom stereocenters. The molecule has 0 radical (unpaired) electrons. The lowest BCUT2D eigenvalue weighted by atomic mass is 9.99. The van der Waals surface area contributed by atoms with Crippen molar-refractivity contribution in [1.29, 1.82) is 0 Å². The second kappa shape index (κ2) is 7.16. The van der Waals surface area contributed by atoms with Crippen molar-refractivity contribution in [2.24, 2.45) is 0 Å². The van der Waals surface area contributed by atoms with Gasteiger partial charge in [0.1, 0.15) is 5.75 Å². The summed E-state index contributed by atoms with van der Waals surface area (Å²) in [6.45, 7) is 6.31. The summed E-state index contributed by atoms with van der Waals surface area (Å²) in [5.41, 5.74) is 2.54. The average Bonchev–Trinajstić information content (AvgIpc) is 2.84. The van der Waals surface area contributed by atoms with E-state index < -0.39 is 0 Å². The zero-order valence-electron chi connectivity index (χ0n) is 12.0. The Kier molecular flexibility index (Phi) is 5.53. The Balaban J connectivity index is 2.12. The number of rotatable bonds is 7. The molecular formula is C16H24ClNO. The summed E-state index contributed by atoms with van der Waals surface area (Å²) in [7, 11) is 0. The molecule has 0 saturated carbocycles. The van der Waals surface area contributed by atoms with Crippen LogP contribution in [0.4, 0.5) is 0 Å². The highest BCUT2D eigenvalue weighted by atomic mass is 35.5. The maximum absolute atomic E-state index is 6.22. The van der Waals surface area contributed by atoms with E-state index in [2.05, 4.69) is 25.2 Å². The van der Waals surface area contributed by atoms with Crippen molar-refractivity contribution < 1.29 is 4.74 Å². The smallest absolute Gasteiger partial charge is 0.125 e. The van der Waals surface area contributed by atoms with Gasteiger partial charge in [0.05, 0.1) is 6.61 Å². The van der Waals surface area contributed by atoms with Gasteiger partial charge in [-0.1, -0.05) is 31.9 Å². The molecule has 0 aromatic heterocycles. The van der Waals surface area contributed by atoms with Crippen LogP contribution in [-0.4, -0.2) is 19.2 Å². The molecule has 1 atom stereocenters. The van der Waals surface area contributed by atoms with E-state index in [0.717, 1.165) is 36.8 Å². The summed E-state index contributed by atoms with van der Waals surface area (Å²) < 4.78 is 5.78. The molecule has 0 aliphatic carbocycles. The zero-order valence-corrected chi connectivity index (χ0v) is 12.7. The highest BCUT2D eigenvalue weighted by Crippen LogP contribution is 2.33. The average molecular weight is 282 g/mol. The Bertz CT molecular complexity index is 419. The largest absolute Gasteiger partial charge is 0.493 e. The van der Waals surface area contributed by atoms with Crippen molar-refractivity contribution >= 4 is 11.6 Å². The van der Waals surface area contributed by atoms with Gasteiger partial charge in [-0.2, -0.15) is 0 Å². The van der Waals surface area contributed by atoms with E-state index in [1.54, 1.807) is 0 Å². The van der Waals surface area contributed by atoms with Crippen LogP contribution in [0, 0.1) is 0 Å². The van der Waals surface area contributed by atoms with Crippen molar-refractivity contribution in [1.82, 2.24) is 5.32 Å². The van der Waals surface area contributed by atoms with Crippen LogP contribution < -0.4 is 10.1 Å². The lowest BCUT2D eigenvalue weighted by Gasteiger charge is -2.19. The standard InChI is InChI=1S/C16H24ClNO/c1-3-5-15(18-7-4-2)11-13-10-14(17)9-12-6-8-19-16(12)13/h9-10,15,18H,3-8,11H2,1-2H3. The molecule has 1 aliphatic heterocycles. The Labute approximate surface area is 121 Å². The number of benzene rings is 1. The molecule has 0 amide bonds. The molecule has 1 aliphatic rings. The van der Waals surface area contributed by atoms with Crippen LogP contribution in [-0.2, 0) is 12.8 Å². The van der Waals surface area contributed by atoms with E-state index >= 15 is 0 Å². The topological polar surface area (TPSA) is 21.3 Å². The van der Waals surface area contributed by atoms with E-state index in [1.807, 2.05) is 6.07 Å². The highest BCUT2D eigenvalue weighted by Gasteiger charge is 2.19. The van der Waals surface area contributed by atoms with E-state index in [1.165, 1.54) is 30.4 Å². The van der Waals surface area contributed by atoms with Gasteiger partial charge in [0.15, 0.2) is 0 Å². The number of hydrogen-bond donors (Lipinski definition) is 1. The Morgan fingerprint density at radius 1 is 1.32 bits per heavy atom. The van der Waals surface area contributed by atoms with Gasteiger partial charge in [-0.25, -0.2) is 0 Å². The van der Waals surface area contributed by atoms with Gasteiger partial charge in [-0.15, -0.1) is 0 Å². The molecule has 0 spiro atoms. The van der Waals surface area contributed by atoms with Crippen LogP contribution in [0.1, 0.15) is 44.2 Å². The first-order valence-corrected chi connectivity index (χ1v) is 7.79. The Morgan fingerprint density at radius 3 is 2.89 bits per heavy atom. The van der Waals surface area contributed by atoms with Gasteiger partial charge in [0.25, 0.3) is 0 Å². The second-order valence-corrected chi connectivity index (χ2v) is 5.73. The normalized spacial score (nSPS) is 15.1. The van der Waals surface area contributed by atoms with Gasteiger partial charge >= 0.3 is 0 Å². The molecule has 0 bridgehead atoms. The van der Waals surface area contributed by atoms with Crippen molar-refractivity contribution in [3.05, 3.63) is 28.3 Å². The van der Waals surface area contributed by atoms with Crippen molar-refractivity contribution in [3.8, 4) is 5.75 Å². The fourth-order valence-electron chi connectivity index (χ4n) is 2.74. The summed E-state index contributed by atoms with van der Waals surface area (Å²) in [5.74, 6) is 1.09. The Hall–Kier alpha value is -0.730. The molecule has 1 aromatic rings. The van der Waals surface area contributed by atoms with E-state index in [-0.39, 0.29) is 0 Å². The van der Waals surface area contributed by atoms with Crippen LogP contribution in [0.3, 0.4) is 0 Å². The number of ether oxygens (including phenoxy) is 1. The summed E-state index contributed by atoms with van der Waals surface area (Å²) in [6, 6.07) is 4.64. The quantitative estimate of drug-likeness (QED) is 0.816.